The highest BCUT2D eigenvalue weighted by Gasteiger charge is 2.67. The van der Waals surface area contributed by atoms with Gasteiger partial charge in [0.25, 0.3) is 0 Å². The van der Waals surface area contributed by atoms with Crippen molar-refractivity contribution in [1.82, 2.24) is 25.2 Å². The topological polar surface area (TPSA) is 75.6 Å². The average Bonchev–Trinajstić information content (AvgIpc) is 3.62. The van der Waals surface area contributed by atoms with Gasteiger partial charge in [0.2, 0.25) is 5.88 Å². The highest BCUT2D eigenvalue weighted by atomic mass is 19.1. The first-order chi connectivity index (χ1) is 23.3. The van der Waals surface area contributed by atoms with Gasteiger partial charge < -0.3 is 19.7 Å². The molecule has 1 unspecified atom stereocenters. The van der Waals surface area contributed by atoms with Gasteiger partial charge in [-0.15, -0.1) is 6.42 Å². The molecule has 0 radical (unpaired) electrons. The summed E-state index contributed by atoms with van der Waals surface area (Å²) in [5, 5.41) is 5.28. The molecule has 5 atom stereocenters. The van der Waals surface area contributed by atoms with Gasteiger partial charge in [0.05, 0.1) is 17.1 Å². The fourth-order valence-electron chi connectivity index (χ4n) is 9.97. The quantitative estimate of drug-likeness (QED) is 0.222. The Hall–Kier alpha value is -4.33. The first-order valence-corrected chi connectivity index (χ1v) is 17.1. The minimum atomic E-state index is -0.650. The van der Waals surface area contributed by atoms with Crippen LogP contribution in [0.4, 0.5) is 14.6 Å². The van der Waals surface area contributed by atoms with Crippen LogP contribution >= 0.6 is 0 Å². The van der Waals surface area contributed by atoms with Gasteiger partial charge in [-0.05, 0) is 68.9 Å². The van der Waals surface area contributed by atoms with Gasteiger partial charge in [-0.3, -0.25) is 4.90 Å². The summed E-state index contributed by atoms with van der Waals surface area (Å²) in [4.78, 5) is 19.5. The third-order valence-corrected chi connectivity index (χ3v) is 12.3. The van der Waals surface area contributed by atoms with Crippen molar-refractivity contribution >= 4 is 27.5 Å². The molecule has 0 amide bonds. The van der Waals surface area contributed by atoms with E-state index in [-0.39, 0.29) is 57.8 Å². The average molecular weight is 647 g/mol. The number of piperazine rings is 1. The number of terminal acetylenes is 1. The molecule has 1 N–H and O–H groups in total. The molecule has 8 nitrogen and oxygen atoms in total. The molecule has 7 heterocycles. The van der Waals surface area contributed by atoms with Crippen LogP contribution in [0.25, 0.3) is 32.9 Å². The van der Waals surface area contributed by atoms with E-state index in [0.29, 0.717) is 46.7 Å². The Labute approximate surface area is 277 Å². The van der Waals surface area contributed by atoms with Crippen molar-refractivity contribution in [3.63, 3.8) is 0 Å². The Balaban J connectivity index is 1.18. The highest BCUT2D eigenvalue weighted by Crippen LogP contribution is 2.66. The normalized spacial score (nSPS) is 29.5. The number of hydrogen-bond donors (Lipinski definition) is 1. The number of anilines is 1. The van der Waals surface area contributed by atoms with E-state index in [0.717, 1.165) is 38.8 Å². The number of halogens is 2. The van der Waals surface area contributed by atoms with Crippen molar-refractivity contribution in [2.75, 3.05) is 31.1 Å². The van der Waals surface area contributed by atoms with Crippen LogP contribution in [0.3, 0.4) is 0 Å². The van der Waals surface area contributed by atoms with Crippen molar-refractivity contribution in [3.05, 3.63) is 59.7 Å². The van der Waals surface area contributed by atoms with Crippen molar-refractivity contribution in [2.24, 2.45) is 5.41 Å². The zero-order chi connectivity index (χ0) is 32.5. The van der Waals surface area contributed by atoms with Crippen LogP contribution in [0.15, 0.2) is 42.5 Å². The van der Waals surface area contributed by atoms with E-state index in [1.165, 1.54) is 24.5 Å². The lowest BCUT2D eigenvalue weighted by atomic mass is 9.80. The van der Waals surface area contributed by atoms with E-state index >= 15 is 8.78 Å². The van der Waals surface area contributed by atoms with Gasteiger partial charge >= 0.3 is 6.01 Å². The second kappa shape index (κ2) is 9.86. The van der Waals surface area contributed by atoms with Crippen molar-refractivity contribution < 1.29 is 18.3 Å². The van der Waals surface area contributed by atoms with Gasteiger partial charge in [0, 0.05) is 36.1 Å². The zero-order valence-corrected chi connectivity index (χ0v) is 26.9. The summed E-state index contributed by atoms with van der Waals surface area (Å²) in [6.07, 6.45) is 12.0. The molecular weight excluding hydrogens is 610 g/mol. The van der Waals surface area contributed by atoms with Crippen molar-refractivity contribution in [2.45, 2.75) is 75.2 Å². The Morgan fingerprint density at radius 3 is 2.83 bits per heavy atom. The highest BCUT2D eigenvalue weighted by molar-refractivity contribution is 6.03. The fourth-order valence-corrected chi connectivity index (χ4v) is 9.97. The van der Waals surface area contributed by atoms with E-state index in [1.807, 2.05) is 13.0 Å². The molecule has 244 valence electrons. The van der Waals surface area contributed by atoms with Crippen molar-refractivity contribution in [3.8, 4) is 35.5 Å². The van der Waals surface area contributed by atoms with E-state index in [9.17, 15) is 0 Å². The fraction of sp³-hybridized carbons (Fsp3) is 0.447. The number of nitrogens with zero attached hydrogens (tertiary/aromatic N) is 5. The van der Waals surface area contributed by atoms with E-state index in [2.05, 4.69) is 27.6 Å². The van der Waals surface area contributed by atoms with Crippen LogP contribution in [-0.4, -0.2) is 75.9 Å². The Bertz CT molecular complexity index is 2130. The molecule has 5 aliphatic heterocycles. The summed E-state index contributed by atoms with van der Waals surface area (Å²) in [6.45, 7) is 9.41. The lowest BCUT2D eigenvalue weighted by molar-refractivity contribution is 0.0649. The SMILES string of the molecule is C#Cc1c(F)ccc2cccc(-c3nc4c5c(nc(OCC67CC(=C)CN6CCC76CC6)nc5c3F)N3C[C@H]5CC[C@H](N5)[C@H]3[C@H](C)O4)c12. The molecule has 4 aromatic rings. The molecule has 48 heavy (non-hydrogen) atoms. The lowest BCUT2D eigenvalue weighted by Crippen LogP contribution is -2.62. The van der Waals surface area contributed by atoms with Crippen LogP contribution in [0.5, 0.6) is 11.9 Å². The molecule has 2 bridgehead atoms. The summed E-state index contributed by atoms with van der Waals surface area (Å²) in [5.74, 6) is 2.11. The van der Waals surface area contributed by atoms with E-state index in [1.54, 1.807) is 18.2 Å². The maximum atomic E-state index is 17.2. The van der Waals surface area contributed by atoms with Crippen LogP contribution in [-0.2, 0) is 0 Å². The molecule has 1 saturated carbocycles. The number of fused-ring (bicyclic) bond motifs is 8. The molecule has 5 fully saturated rings. The number of nitrogens with one attached hydrogen (secondary N) is 1. The minimum Gasteiger partial charge on any atom is -0.472 e. The number of rotatable bonds is 4. The molecule has 4 saturated heterocycles. The largest absolute Gasteiger partial charge is 0.472 e. The number of aromatic nitrogens is 3. The summed E-state index contributed by atoms with van der Waals surface area (Å²) < 4.78 is 45.5. The predicted octanol–water partition coefficient (Wildman–Crippen LogP) is 5.76. The van der Waals surface area contributed by atoms with Crippen LogP contribution in [0.1, 0.15) is 51.0 Å². The molecule has 10 heteroatoms. The molecule has 1 aliphatic carbocycles. The van der Waals surface area contributed by atoms with Gasteiger partial charge in [-0.25, -0.2) is 13.8 Å². The van der Waals surface area contributed by atoms with Crippen LogP contribution in [0, 0.1) is 29.4 Å². The maximum Gasteiger partial charge on any atom is 0.319 e. The number of hydrogen-bond acceptors (Lipinski definition) is 8. The molecular formula is C38H36F2N6O2. The van der Waals surface area contributed by atoms with Crippen LogP contribution in [0.2, 0.25) is 0 Å². The molecule has 10 rings (SSSR count). The maximum absolute atomic E-state index is 17.2. The third kappa shape index (κ3) is 3.80. The second-order valence-electron chi connectivity index (χ2n) is 14.8. The van der Waals surface area contributed by atoms with E-state index < -0.39 is 11.6 Å². The van der Waals surface area contributed by atoms with Gasteiger partial charge in [-0.2, -0.15) is 9.97 Å². The zero-order valence-electron chi connectivity index (χ0n) is 26.9. The second-order valence-corrected chi connectivity index (χ2v) is 14.8. The smallest absolute Gasteiger partial charge is 0.319 e. The monoisotopic (exact) mass is 646 g/mol. The Morgan fingerprint density at radius 1 is 1.12 bits per heavy atom. The van der Waals surface area contributed by atoms with Gasteiger partial charge in [0.1, 0.15) is 40.9 Å². The minimum absolute atomic E-state index is 0.00268. The summed E-state index contributed by atoms with van der Waals surface area (Å²) in [7, 11) is 0. The summed E-state index contributed by atoms with van der Waals surface area (Å²) >= 11 is 0. The number of ether oxygens (including phenoxy) is 2. The Kier molecular flexibility index (Phi) is 5.89. The first kappa shape index (κ1) is 28.7. The summed E-state index contributed by atoms with van der Waals surface area (Å²) in [5.41, 5.74) is 1.82. The van der Waals surface area contributed by atoms with E-state index in [4.69, 9.17) is 30.8 Å². The first-order valence-electron chi connectivity index (χ1n) is 17.1. The Morgan fingerprint density at radius 2 is 2.00 bits per heavy atom. The lowest BCUT2D eigenvalue weighted by Gasteiger charge is -2.42. The molecule has 6 aliphatic rings. The van der Waals surface area contributed by atoms with Crippen molar-refractivity contribution in [1.29, 1.82) is 0 Å². The predicted molar refractivity (Wildman–Crippen MR) is 179 cm³/mol. The number of benzene rings is 2. The number of pyridine rings is 1. The van der Waals surface area contributed by atoms with Gasteiger partial charge in [-0.1, -0.05) is 42.3 Å². The standard InChI is InChI=1S/C38H36F2N6O2/c1-4-24-26(39)10-8-22-6-5-7-25(28(22)24)31-30(40)32-29-34(46-18-23-9-11-27(41-23)33(46)21(3)48-35(29)42-31)44-36(43-32)47-19-38-16-20(2)17-45(38)15-14-37(38)12-13-37/h1,5-8,10,21,23,27,33,41H,2,9,11-19H2,3H3/t21-,23+,27-,33+,38?/m0/s1. The molecule has 2 aromatic heterocycles. The van der Waals surface area contributed by atoms with Gasteiger partial charge in [0.15, 0.2) is 5.82 Å². The molecule has 1 spiro atoms. The summed E-state index contributed by atoms with van der Waals surface area (Å²) in [6, 6.07) is 8.89. The van der Waals surface area contributed by atoms with Crippen LogP contribution < -0.4 is 19.7 Å². The molecule has 2 aromatic carbocycles. The third-order valence-electron chi connectivity index (χ3n) is 12.3.